The van der Waals surface area contributed by atoms with E-state index in [9.17, 15) is 9.18 Å². The minimum atomic E-state index is -0.495. The van der Waals surface area contributed by atoms with Gasteiger partial charge in [-0.05, 0) is 99.1 Å². The number of nitrogens with one attached hydrogen (secondary N) is 2. The Morgan fingerprint density at radius 2 is 1.82 bits per heavy atom. The third kappa shape index (κ3) is 6.74. The summed E-state index contributed by atoms with van der Waals surface area (Å²) in [5.41, 5.74) is 2.30. The molecule has 2 saturated heterocycles. The van der Waals surface area contributed by atoms with Crippen LogP contribution < -0.4 is 15.5 Å². The molecule has 3 atom stereocenters. The molecule has 1 saturated carbocycles. The van der Waals surface area contributed by atoms with Gasteiger partial charge in [0.1, 0.15) is 11.9 Å². The Kier molecular flexibility index (Phi) is 9.45. The third-order valence-electron chi connectivity index (χ3n) is 10.2. The number of carbonyl (C=O) groups excluding carboxylic acids is 1. The van der Waals surface area contributed by atoms with Crippen LogP contribution in [0.25, 0.3) is 0 Å². The number of hydrogen-bond acceptors (Lipinski definition) is 8. The summed E-state index contributed by atoms with van der Waals surface area (Å²) in [7, 11) is 1.59. The molecule has 3 unspecified atom stereocenters. The van der Waals surface area contributed by atoms with Crippen molar-refractivity contribution in [3.05, 3.63) is 83.9 Å². The van der Waals surface area contributed by atoms with Crippen LogP contribution in [-0.4, -0.2) is 73.4 Å². The van der Waals surface area contributed by atoms with Crippen LogP contribution in [0.3, 0.4) is 0 Å². The molecule has 3 heterocycles. The van der Waals surface area contributed by atoms with E-state index in [-0.39, 0.29) is 23.8 Å². The summed E-state index contributed by atoms with van der Waals surface area (Å²) < 4.78 is 20.9. The highest BCUT2D eigenvalue weighted by molar-refractivity contribution is 5.67. The van der Waals surface area contributed by atoms with Gasteiger partial charge < -0.3 is 25.2 Å². The second kappa shape index (κ2) is 13.8. The molecule has 2 N–H and O–H groups in total. The number of aromatic nitrogens is 2. The van der Waals surface area contributed by atoms with Crippen LogP contribution >= 0.6 is 0 Å². The number of ether oxygens (including phenoxy) is 1. The minimum absolute atomic E-state index is 0.0111. The molecule has 1 amide bonds. The Hall–Kier alpha value is -4.23. The lowest BCUT2D eigenvalue weighted by molar-refractivity contribution is 0.0148. The van der Waals surface area contributed by atoms with E-state index in [4.69, 9.17) is 10.00 Å². The molecule has 0 spiro atoms. The number of alkyl carbamates (subject to hydrolysis) is 1. The Morgan fingerprint density at radius 3 is 2.51 bits per heavy atom. The van der Waals surface area contributed by atoms with Gasteiger partial charge >= 0.3 is 6.09 Å². The Balaban J connectivity index is 1.21. The molecular weight excluding hydrogens is 569 g/mol. The lowest BCUT2D eigenvalue weighted by atomic mass is 9.58. The van der Waals surface area contributed by atoms with Gasteiger partial charge in [-0.1, -0.05) is 12.1 Å². The van der Waals surface area contributed by atoms with Gasteiger partial charge in [0.15, 0.2) is 0 Å². The number of anilines is 2. The first-order valence-electron chi connectivity index (χ1n) is 16.1. The van der Waals surface area contributed by atoms with Gasteiger partial charge in [-0.3, -0.25) is 0 Å². The van der Waals surface area contributed by atoms with Crippen LogP contribution in [0.5, 0.6) is 0 Å². The largest absolute Gasteiger partial charge is 0.446 e. The van der Waals surface area contributed by atoms with Crippen LogP contribution in [0.4, 0.5) is 20.8 Å². The highest BCUT2D eigenvalue weighted by Crippen LogP contribution is 2.51. The number of nitriles is 1. The van der Waals surface area contributed by atoms with Crippen molar-refractivity contribution >= 4 is 17.7 Å². The number of likely N-dealkylation sites (tertiary alicyclic amines) is 1. The number of halogens is 1. The first kappa shape index (κ1) is 30.8. The topological polar surface area (TPSA) is 106 Å². The SMILES string of the molecule is CNC(=O)OC1CCCC1C(CNc1ncccn1)(c1cccc(F)c1)C1CCN(CC2CN(c3ccc(C#N)cc3)C2)CC1. The monoisotopic (exact) mass is 611 g/mol. The summed E-state index contributed by atoms with van der Waals surface area (Å²) in [4.78, 5) is 26.3. The number of nitrogens with zero attached hydrogens (tertiary/aromatic N) is 5. The van der Waals surface area contributed by atoms with Gasteiger partial charge in [-0.25, -0.2) is 19.2 Å². The molecule has 1 aliphatic carbocycles. The summed E-state index contributed by atoms with van der Waals surface area (Å²) in [5.74, 6) is 1.12. The maximum absolute atomic E-state index is 15.0. The van der Waals surface area contributed by atoms with Gasteiger partial charge in [0.25, 0.3) is 0 Å². The number of carbonyl (C=O) groups is 1. The van der Waals surface area contributed by atoms with Crippen molar-refractivity contribution < 1.29 is 13.9 Å². The van der Waals surface area contributed by atoms with E-state index in [0.29, 0.717) is 24.0 Å². The third-order valence-corrected chi connectivity index (χ3v) is 10.2. The van der Waals surface area contributed by atoms with Crippen LogP contribution in [0.15, 0.2) is 67.0 Å². The van der Waals surface area contributed by atoms with E-state index < -0.39 is 11.5 Å². The molecule has 236 valence electrons. The second-order valence-corrected chi connectivity index (χ2v) is 12.7. The van der Waals surface area contributed by atoms with Crippen molar-refractivity contribution in [3.63, 3.8) is 0 Å². The zero-order valence-electron chi connectivity index (χ0n) is 25.9. The predicted molar refractivity (Wildman–Crippen MR) is 171 cm³/mol. The van der Waals surface area contributed by atoms with Crippen LogP contribution in [0.1, 0.15) is 43.2 Å². The molecule has 2 aliphatic heterocycles. The van der Waals surface area contributed by atoms with Crippen molar-refractivity contribution in [3.8, 4) is 6.07 Å². The normalized spacial score (nSPS) is 22.2. The molecule has 2 aromatic carbocycles. The molecular formula is C35H42FN7O2. The summed E-state index contributed by atoms with van der Waals surface area (Å²) >= 11 is 0. The zero-order valence-corrected chi connectivity index (χ0v) is 25.9. The fourth-order valence-electron chi connectivity index (χ4n) is 8.02. The molecule has 6 rings (SSSR count). The van der Waals surface area contributed by atoms with E-state index >= 15 is 0 Å². The molecule has 10 heteroatoms. The molecule has 0 radical (unpaired) electrons. The average molecular weight is 612 g/mol. The fourth-order valence-corrected chi connectivity index (χ4v) is 8.02. The predicted octanol–water partition coefficient (Wildman–Crippen LogP) is 5.21. The van der Waals surface area contributed by atoms with Gasteiger partial charge in [0, 0.05) is 68.6 Å². The smallest absolute Gasteiger partial charge is 0.407 e. The summed E-state index contributed by atoms with van der Waals surface area (Å²) in [6.45, 7) is 5.52. The Labute approximate surface area is 264 Å². The van der Waals surface area contributed by atoms with E-state index in [1.165, 1.54) is 11.8 Å². The zero-order chi connectivity index (χ0) is 31.2. The molecule has 1 aromatic heterocycles. The standard InChI is InChI=1S/C35H42FN7O2/c1-38-34(44)45-32-8-3-7-31(32)35(28-5-2-6-29(36)19-28,24-41-33-39-15-4-16-40-33)27-13-17-42(18-14-27)21-26-22-43(23-26)30-11-9-25(20-37)10-12-30/h2,4-6,9-12,15-16,19,26-27,31-32H,3,7-8,13-14,17-18,21-24H2,1H3,(H,38,44)(H,39,40,41). The quantitative estimate of drug-likeness (QED) is 0.322. The number of piperidine rings is 1. The Bertz CT molecular complexity index is 1470. The highest BCUT2D eigenvalue weighted by atomic mass is 19.1. The van der Waals surface area contributed by atoms with Crippen molar-refractivity contribution in [2.45, 2.75) is 43.6 Å². The summed E-state index contributed by atoms with van der Waals surface area (Å²) in [6.07, 6.45) is 7.28. The highest BCUT2D eigenvalue weighted by Gasteiger charge is 2.53. The van der Waals surface area contributed by atoms with E-state index in [0.717, 1.165) is 70.4 Å². The lowest BCUT2D eigenvalue weighted by Crippen LogP contribution is -2.56. The van der Waals surface area contributed by atoms with Gasteiger partial charge in [0.05, 0.1) is 11.6 Å². The van der Waals surface area contributed by atoms with Crippen LogP contribution in [-0.2, 0) is 10.2 Å². The number of hydrogen-bond donors (Lipinski definition) is 2. The lowest BCUT2D eigenvalue weighted by Gasteiger charge is -2.51. The second-order valence-electron chi connectivity index (χ2n) is 12.7. The van der Waals surface area contributed by atoms with Crippen molar-refractivity contribution in [2.24, 2.45) is 17.8 Å². The molecule has 45 heavy (non-hydrogen) atoms. The summed E-state index contributed by atoms with van der Waals surface area (Å²) in [6, 6.07) is 18.8. The van der Waals surface area contributed by atoms with Gasteiger partial charge in [-0.15, -0.1) is 0 Å². The first-order valence-corrected chi connectivity index (χ1v) is 16.1. The van der Waals surface area contributed by atoms with E-state index in [1.54, 1.807) is 37.6 Å². The number of benzene rings is 2. The maximum atomic E-state index is 15.0. The number of rotatable bonds is 10. The van der Waals surface area contributed by atoms with Gasteiger partial charge in [0.2, 0.25) is 5.95 Å². The van der Waals surface area contributed by atoms with Crippen molar-refractivity contribution in [2.75, 3.05) is 56.5 Å². The van der Waals surface area contributed by atoms with Crippen LogP contribution in [0, 0.1) is 34.9 Å². The van der Waals surface area contributed by atoms with Crippen molar-refractivity contribution in [1.29, 1.82) is 5.26 Å². The molecule has 3 aromatic rings. The molecule has 3 fully saturated rings. The Morgan fingerprint density at radius 1 is 1.07 bits per heavy atom. The molecule has 9 nitrogen and oxygen atoms in total. The summed E-state index contributed by atoms with van der Waals surface area (Å²) in [5, 5.41) is 15.2. The maximum Gasteiger partial charge on any atom is 0.407 e. The minimum Gasteiger partial charge on any atom is -0.446 e. The van der Waals surface area contributed by atoms with E-state index in [1.807, 2.05) is 30.3 Å². The van der Waals surface area contributed by atoms with Crippen LogP contribution in [0.2, 0.25) is 0 Å². The van der Waals surface area contributed by atoms with E-state index in [2.05, 4.69) is 36.5 Å². The fraction of sp³-hybridized carbons (Fsp3) is 0.486. The average Bonchev–Trinajstić information content (AvgIpc) is 3.52. The molecule has 3 aliphatic rings. The molecule has 0 bridgehead atoms. The number of amides is 1. The first-order chi connectivity index (χ1) is 22.0. The van der Waals surface area contributed by atoms with Gasteiger partial charge in [-0.2, -0.15) is 5.26 Å². The van der Waals surface area contributed by atoms with Crippen molar-refractivity contribution in [1.82, 2.24) is 20.2 Å².